The highest BCUT2D eigenvalue weighted by Gasteiger charge is 2.54. The summed E-state index contributed by atoms with van der Waals surface area (Å²) in [5, 5.41) is 0. The van der Waals surface area contributed by atoms with Gasteiger partial charge in [-0.2, -0.15) is 0 Å². The third-order valence-electron chi connectivity index (χ3n) is 6.40. The van der Waals surface area contributed by atoms with Gasteiger partial charge in [-0.05, 0) is 44.4 Å². The maximum absolute atomic E-state index is 12.8. The van der Waals surface area contributed by atoms with Crippen LogP contribution in [0.5, 0.6) is 0 Å². The average molecular weight is 351 g/mol. The third-order valence-corrected chi connectivity index (χ3v) is 6.40. The number of aryl methyl sites for hydroxylation is 1. The number of likely N-dealkylation sites (tertiary alicyclic amines) is 2. The molecule has 3 heterocycles. The second-order valence-corrected chi connectivity index (χ2v) is 8.24. The molecule has 4 rings (SSSR count). The topological polar surface area (TPSA) is 28.5 Å². The Hall–Kier alpha value is -2.07. The van der Waals surface area contributed by atoms with Crippen molar-refractivity contribution >= 4 is 5.91 Å². The molecule has 0 bridgehead atoms. The minimum atomic E-state index is 0.170. The second kappa shape index (κ2) is 6.58. The minimum absolute atomic E-state index is 0.170. The van der Waals surface area contributed by atoms with E-state index in [4.69, 9.17) is 0 Å². The molecule has 0 aliphatic carbocycles. The van der Waals surface area contributed by atoms with Crippen LogP contribution in [0.25, 0.3) is 0 Å². The Morgan fingerprint density at radius 3 is 2.35 bits per heavy atom. The van der Waals surface area contributed by atoms with Crippen molar-refractivity contribution in [3.63, 3.8) is 0 Å². The van der Waals surface area contributed by atoms with Crippen LogP contribution >= 0.6 is 0 Å². The van der Waals surface area contributed by atoms with Crippen LogP contribution in [0.3, 0.4) is 0 Å². The van der Waals surface area contributed by atoms with Crippen LogP contribution in [0, 0.1) is 5.41 Å². The van der Waals surface area contributed by atoms with Gasteiger partial charge >= 0.3 is 0 Å². The quantitative estimate of drug-likeness (QED) is 0.843. The van der Waals surface area contributed by atoms with Gasteiger partial charge in [0.05, 0.1) is 0 Å². The average Bonchev–Trinajstić information content (AvgIpc) is 3.06. The summed E-state index contributed by atoms with van der Waals surface area (Å²) in [4.78, 5) is 17.5. The van der Waals surface area contributed by atoms with Crippen LogP contribution in [0.15, 0.2) is 48.7 Å². The molecule has 0 saturated carbocycles. The van der Waals surface area contributed by atoms with Gasteiger partial charge in [0, 0.05) is 50.4 Å². The maximum atomic E-state index is 12.8. The fourth-order valence-corrected chi connectivity index (χ4v) is 4.87. The van der Waals surface area contributed by atoms with E-state index in [9.17, 15) is 4.79 Å². The van der Waals surface area contributed by atoms with Gasteiger partial charge in [0.2, 0.25) is 0 Å². The fraction of sp³-hybridized carbons (Fsp3) is 0.500. The van der Waals surface area contributed by atoms with Crippen LogP contribution in [0.1, 0.15) is 48.8 Å². The molecule has 138 valence electrons. The van der Waals surface area contributed by atoms with E-state index >= 15 is 0 Å². The van der Waals surface area contributed by atoms with Crippen molar-refractivity contribution in [2.24, 2.45) is 12.5 Å². The molecule has 2 aromatic rings. The number of hydrogen-bond acceptors (Lipinski definition) is 2. The normalized spacial score (nSPS) is 22.6. The van der Waals surface area contributed by atoms with E-state index in [-0.39, 0.29) is 5.91 Å². The number of nitrogens with zero attached hydrogens (tertiary/aromatic N) is 3. The molecule has 1 unspecified atom stereocenters. The molecule has 2 aliphatic rings. The highest BCUT2D eigenvalue weighted by molar-refractivity contribution is 5.92. The lowest BCUT2D eigenvalue weighted by Crippen LogP contribution is -2.64. The smallest absolute Gasteiger partial charge is 0.270 e. The molecule has 2 fully saturated rings. The van der Waals surface area contributed by atoms with E-state index in [1.54, 1.807) is 0 Å². The van der Waals surface area contributed by atoms with Crippen molar-refractivity contribution in [3.8, 4) is 0 Å². The monoisotopic (exact) mass is 351 g/mol. The largest absolute Gasteiger partial charge is 0.347 e. The maximum Gasteiger partial charge on any atom is 0.270 e. The third kappa shape index (κ3) is 2.77. The Morgan fingerprint density at radius 2 is 1.77 bits per heavy atom. The Bertz CT molecular complexity index is 772. The molecule has 1 aromatic carbocycles. The van der Waals surface area contributed by atoms with Crippen LogP contribution < -0.4 is 0 Å². The van der Waals surface area contributed by atoms with E-state index in [0.29, 0.717) is 17.5 Å². The minimum Gasteiger partial charge on any atom is -0.347 e. The standard InChI is InChI=1S/C22H29N3O/c1-17(2)25-16-22(20(25)18-8-5-4-6-9-18)11-14-24(15-12-22)21(26)19-10-7-13-23(19)3/h4-10,13,17,20H,11-12,14-16H2,1-3H3. The molecule has 1 atom stereocenters. The van der Waals surface area contributed by atoms with Crippen molar-refractivity contribution in [3.05, 3.63) is 59.9 Å². The molecule has 0 N–H and O–H groups in total. The number of carbonyl (C=O) groups excluding carboxylic acids is 1. The number of rotatable bonds is 3. The Balaban J connectivity index is 1.51. The number of benzene rings is 1. The highest BCUT2D eigenvalue weighted by Crippen LogP contribution is 2.55. The Kier molecular flexibility index (Phi) is 4.39. The molecule has 2 saturated heterocycles. The van der Waals surface area contributed by atoms with Gasteiger partial charge in [0.25, 0.3) is 5.91 Å². The molecule has 1 amide bonds. The molecule has 1 spiro atoms. The lowest BCUT2D eigenvalue weighted by Gasteiger charge is -2.62. The Morgan fingerprint density at radius 1 is 1.08 bits per heavy atom. The summed E-state index contributed by atoms with van der Waals surface area (Å²) in [5.41, 5.74) is 2.53. The summed E-state index contributed by atoms with van der Waals surface area (Å²) in [6.45, 7) is 7.45. The summed E-state index contributed by atoms with van der Waals surface area (Å²) < 4.78 is 1.92. The van der Waals surface area contributed by atoms with E-state index < -0.39 is 0 Å². The van der Waals surface area contributed by atoms with E-state index in [0.717, 1.165) is 38.2 Å². The molecule has 1 aromatic heterocycles. The highest BCUT2D eigenvalue weighted by atomic mass is 16.2. The SMILES string of the molecule is CC(C)N1CC2(CCN(C(=O)c3cccn3C)CC2)C1c1ccccc1. The molecular formula is C22H29N3O. The van der Waals surface area contributed by atoms with Crippen LogP contribution in [-0.2, 0) is 7.05 Å². The van der Waals surface area contributed by atoms with Crippen molar-refractivity contribution in [1.29, 1.82) is 0 Å². The van der Waals surface area contributed by atoms with Gasteiger partial charge < -0.3 is 9.47 Å². The van der Waals surface area contributed by atoms with Gasteiger partial charge in [-0.15, -0.1) is 0 Å². The van der Waals surface area contributed by atoms with Gasteiger partial charge in [0.15, 0.2) is 0 Å². The van der Waals surface area contributed by atoms with Gasteiger partial charge in [0.1, 0.15) is 5.69 Å². The molecule has 2 aliphatic heterocycles. The number of aromatic nitrogens is 1. The van der Waals surface area contributed by atoms with E-state index in [1.807, 2.05) is 34.8 Å². The van der Waals surface area contributed by atoms with Crippen molar-refractivity contribution in [2.45, 2.75) is 38.8 Å². The lowest BCUT2D eigenvalue weighted by atomic mass is 9.62. The van der Waals surface area contributed by atoms with Crippen molar-refractivity contribution in [2.75, 3.05) is 19.6 Å². The lowest BCUT2D eigenvalue weighted by molar-refractivity contribution is -0.124. The van der Waals surface area contributed by atoms with Crippen molar-refractivity contribution in [1.82, 2.24) is 14.4 Å². The van der Waals surface area contributed by atoms with Crippen LogP contribution in [0.4, 0.5) is 0 Å². The zero-order chi connectivity index (χ0) is 18.3. The molecule has 26 heavy (non-hydrogen) atoms. The zero-order valence-electron chi connectivity index (χ0n) is 16.1. The van der Waals surface area contributed by atoms with Gasteiger partial charge in [-0.3, -0.25) is 9.69 Å². The first kappa shape index (κ1) is 17.3. The first-order valence-corrected chi connectivity index (χ1v) is 9.73. The first-order valence-electron chi connectivity index (χ1n) is 9.73. The first-order chi connectivity index (χ1) is 12.5. The number of hydrogen-bond donors (Lipinski definition) is 0. The van der Waals surface area contributed by atoms with E-state index in [2.05, 4.69) is 49.1 Å². The summed E-state index contributed by atoms with van der Waals surface area (Å²) in [5.74, 6) is 0.170. The molecule has 4 heteroatoms. The summed E-state index contributed by atoms with van der Waals surface area (Å²) >= 11 is 0. The summed E-state index contributed by atoms with van der Waals surface area (Å²) in [6.07, 6.45) is 4.12. The zero-order valence-corrected chi connectivity index (χ0v) is 16.1. The number of carbonyl (C=O) groups is 1. The predicted molar refractivity (Wildman–Crippen MR) is 104 cm³/mol. The van der Waals surface area contributed by atoms with Gasteiger partial charge in [-0.1, -0.05) is 30.3 Å². The summed E-state index contributed by atoms with van der Waals surface area (Å²) in [7, 11) is 1.94. The molecular weight excluding hydrogens is 322 g/mol. The number of amides is 1. The van der Waals surface area contributed by atoms with E-state index in [1.165, 1.54) is 5.56 Å². The Labute approximate surface area is 156 Å². The van der Waals surface area contributed by atoms with Crippen molar-refractivity contribution < 1.29 is 4.79 Å². The van der Waals surface area contributed by atoms with Gasteiger partial charge in [-0.25, -0.2) is 0 Å². The summed E-state index contributed by atoms with van der Waals surface area (Å²) in [6, 6.07) is 15.8. The molecule has 4 nitrogen and oxygen atoms in total. The number of piperidine rings is 1. The fourth-order valence-electron chi connectivity index (χ4n) is 4.87. The molecule has 0 radical (unpaired) electrons. The second-order valence-electron chi connectivity index (χ2n) is 8.24. The van der Waals surface area contributed by atoms with Crippen LogP contribution in [-0.4, -0.2) is 46.0 Å². The van der Waals surface area contributed by atoms with Crippen LogP contribution in [0.2, 0.25) is 0 Å². The predicted octanol–water partition coefficient (Wildman–Crippen LogP) is 3.71.